The van der Waals surface area contributed by atoms with Gasteiger partial charge >= 0.3 is 0 Å². The molecule has 7 heteroatoms. The Morgan fingerprint density at radius 2 is 1.86 bits per heavy atom. The van der Waals surface area contributed by atoms with Crippen molar-refractivity contribution in [1.82, 2.24) is 10.3 Å². The minimum Gasteiger partial charge on any atom is -0.439 e. The van der Waals surface area contributed by atoms with E-state index in [1.807, 2.05) is 18.2 Å². The topological polar surface area (TPSA) is 60.5 Å². The number of benzene rings is 2. The Kier molecular flexibility index (Phi) is 6.29. The number of amides is 1. The third kappa shape index (κ3) is 4.69. The van der Waals surface area contributed by atoms with Gasteiger partial charge in [0.2, 0.25) is 5.88 Å². The van der Waals surface area contributed by atoms with E-state index < -0.39 is 17.7 Å². The van der Waals surface area contributed by atoms with Gasteiger partial charge in [0.1, 0.15) is 5.75 Å². The van der Waals surface area contributed by atoms with E-state index in [1.165, 1.54) is 19.4 Å². The van der Waals surface area contributed by atoms with E-state index in [4.69, 9.17) is 9.47 Å². The predicted molar refractivity (Wildman–Crippen MR) is 98.7 cm³/mol. The summed E-state index contributed by atoms with van der Waals surface area (Å²) in [4.78, 5) is 16.6. The smallest absolute Gasteiger partial charge is 0.254 e. The van der Waals surface area contributed by atoms with Gasteiger partial charge in [-0.25, -0.2) is 13.8 Å². The van der Waals surface area contributed by atoms with Crippen molar-refractivity contribution < 1.29 is 23.0 Å². The molecule has 144 valence electrons. The number of aromatic nitrogens is 1. The van der Waals surface area contributed by atoms with Gasteiger partial charge in [0, 0.05) is 31.5 Å². The van der Waals surface area contributed by atoms with Crippen LogP contribution in [0.2, 0.25) is 0 Å². The highest BCUT2D eigenvalue weighted by Crippen LogP contribution is 2.25. The molecule has 0 aliphatic carbocycles. The van der Waals surface area contributed by atoms with Crippen LogP contribution < -0.4 is 10.1 Å². The van der Waals surface area contributed by atoms with Gasteiger partial charge in [-0.1, -0.05) is 36.4 Å². The minimum atomic E-state index is -1.02. The molecule has 1 N–H and O–H groups in total. The van der Waals surface area contributed by atoms with Gasteiger partial charge in [0.25, 0.3) is 5.91 Å². The van der Waals surface area contributed by atoms with Crippen molar-refractivity contribution in [2.24, 2.45) is 0 Å². The van der Waals surface area contributed by atoms with Crippen molar-refractivity contribution in [3.8, 4) is 11.6 Å². The molecular formula is C21H18F2N2O3. The number of hydrogen-bond acceptors (Lipinski definition) is 4. The molecule has 1 unspecified atom stereocenters. The first-order valence-corrected chi connectivity index (χ1v) is 8.50. The van der Waals surface area contributed by atoms with Gasteiger partial charge in [-0.05, 0) is 23.8 Å². The first-order valence-electron chi connectivity index (χ1n) is 8.50. The molecule has 28 heavy (non-hydrogen) atoms. The summed E-state index contributed by atoms with van der Waals surface area (Å²) in [6.45, 7) is 0.123. The first-order chi connectivity index (χ1) is 13.6. The maximum Gasteiger partial charge on any atom is 0.254 e. The summed E-state index contributed by atoms with van der Waals surface area (Å²) in [6.07, 6.45) is 0.746. The molecule has 0 spiro atoms. The molecule has 2 aromatic carbocycles. The van der Waals surface area contributed by atoms with Gasteiger partial charge < -0.3 is 14.8 Å². The van der Waals surface area contributed by atoms with Crippen molar-refractivity contribution in [3.05, 3.63) is 89.6 Å². The number of carbonyl (C=O) groups excluding carboxylic acids is 1. The average molecular weight is 384 g/mol. The first kappa shape index (κ1) is 19.4. The van der Waals surface area contributed by atoms with Crippen molar-refractivity contribution in [1.29, 1.82) is 0 Å². The Balaban J connectivity index is 1.71. The van der Waals surface area contributed by atoms with Crippen LogP contribution in [0.1, 0.15) is 17.2 Å². The molecule has 0 saturated carbocycles. The van der Waals surface area contributed by atoms with Gasteiger partial charge in [0.05, 0.1) is 0 Å². The number of hydrogen-bond donors (Lipinski definition) is 1. The van der Waals surface area contributed by atoms with Crippen LogP contribution in [0.5, 0.6) is 11.6 Å². The summed E-state index contributed by atoms with van der Waals surface area (Å²) in [7, 11) is 1.46. The maximum absolute atomic E-state index is 13.4. The highest BCUT2D eigenvalue weighted by atomic mass is 19.2. The third-order valence-corrected chi connectivity index (χ3v) is 3.98. The van der Waals surface area contributed by atoms with Crippen LogP contribution in [0.25, 0.3) is 0 Å². The van der Waals surface area contributed by atoms with E-state index >= 15 is 0 Å². The highest BCUT2D eigenvalue weighted by Gasteiger charge is 2.20. The molecular weight excluding hydrogens is 366 g/mol. The fourth-order valence-electron chi connectivity index (χ4n) is 2.60. The van der Waals surface area contributed by atoms with E-state index in [0.717, 1.165) is 17.7 Å². The van der Waals surface area contributed by atoms with E-state index in [-0.39, 0.29) is 24.1 Å². The largest absolute Gasteiger partial charge is 0.439 e. The number of nitrogens with one attached hydrogen (secondary N) is 1. The molecule has 1 atom stereocenters. The van der Waals surface area contributed by atoms with E-state index in [1.54, 1.807) is 24.3 Å². The van der Waals surface area contributed by atoms with Crippen LogP contribution in [0.3, 0.4) is 0 Å². The Bertz CT molecular complexity index is 951. The Morgan fingerprint density at radius 3 is 2.57 bits per heavy atom. The van der Waals surface area contributed by atoms with Gasteiger partial charge in [-0.2, -0.15) is 0 Å². The number of ether oxygens (including phenoxy) is 2. The molecule has 0 aliphatic heterocycles. The number of carbonyl (C=O) groups is 1. The van der Waals surface area contributed by atoms with Crippen molar-refractivity contribution in [3.63, 3.8) is 0 Å². The Labute approximate surface area is 160 Å². The maximum atomic E-state index is 13.4. The zero-order chi connectivity index (χ0) is 19.9. The van der Waals surface area contributed by atoms with Crippen LogP contribution >= 0.6 is 0 Å². The standard InChI is InChI=1S/C21H18F2N2O3/c1-27-19(14-6-3-2-4-7-14)20(26)25-13-15-8-5-11-24-21(15)28-16-9-10-17(22)18(23)12-16/h2-12,19H,13H2,1H3,(H,25,26). The summed E-state index contributed by atoms with van der Waals surface area (Å²) in [5.74, 6) is -2.02. The number of halogens is 2. The quantitative estimate of drug-likeness (QED) is 0.665. The third-order valence-electron chi connectivity index (χ3n) is 3.98. The van der Waals surface area contributed by atoms with E-state index in [9.17, 15) is 13.6 Å². The van der Waals surface area contributed by atoms with Crippen LogP contribution in [0, 0.1) is 11.6 Å². The lowest BCUT2D eigenvalue weighted by molar-refractivity contribution is -0.131. The summed E-state index contributed by atoms with van der Waals surface area (Å²) in [6, 6.07) is 15.7. The lowest BCUT2D eigenvalue weighted by atomic mass is 10.1. The Hall–Kier alpha value is -3.32. The predicted octanol–water partition coefficient (Wildman–Crippen LogP) is 4.16. The fourth-order valence-corrected chi connectivity index (χ4v) is 2.60. The zero-order valence-corrected chi connectivity index (χ0v) is 15.1. The molecule has 0 bridgehead atoms. The normalized spacial score (nSPS) is 11.7. The summed E-state index contributed by atoms with van der Waals surface area (Å²) >= 11 is 0. The molecule has 3 rings (SSSR count). The summed E-state index contributed by atoms with van der Waals surface area (Å²) in [5, 5.41) is 2.78. The van der Waals surface area contributed by atoms with Crippen LogP contribution in [0.4, 0.5) is 8.78 Å². The van der Waals surface area contributed by atoms with E-state index in [0.29, 0.717) is 5.56 Å². The summed E-state index contributed by atoms with van der Waals surface area (Å²) < 4.78 is 37.3. The second kappa shape index (κ2) is 9.05. The van der Waals surface area contributed by atoms with Crippen LogP contribution in [-0.2, 0) is 16.1 Å². The van der Waals surface area contributed by atoms with Crippen LogP contribution in [0.15, 0.2) is 66.9 Å². The van der Waals surface area contributed by atoms with Crippen LogP contribution in [-0.4, -0.2) is 18.0 Å². The van der Waals surface area contributed by atoms with Crippen molar-refractivity contribution in [2.75, 3.05) is 7.11 Å². The van der Waals surface area contributed by atoms with Gasteiger partial charge in [-0.15, -0.1) is 0 Å². The number of methoxy groups -OCH3 is 1. The molecule has 1 amide bonds. The van der Waals surface area contributed by atoms with Gasteiger partial charge in [-0.3, -0.25) is 4.79 Å². The lowest BCUT2D eigenvalue weighted by Crippen LogP contribution is -2.30. The average Bonchev–Trinajstić information content (AvgIpc) is 2.71. The monoisotopic (exact) mass is 384 g/mol. The van der Waals surface area contributed by atoms with Gasteiger partial charge in [0.15, 0.2) is 17.7 Å². The lowest BCUT2D eigenvalue weighted by Gasteiger charge is -2.16. The molecule has 0 fully saturated rings. The second-order valence-corrected chi connectivity index (χ2v) is 5.89. The molecule has 5 nitrogen and oxygen atoms in total. The second-order valence-electron chi connectivity index (χ2n) is 5.89. The highest BCUT2D eigenvalue weighted by molar-refractivity contribution is 5.82. The van der Waals surface area contributed by atoms with Crippen molar-refractivity contribution in [2.45, 2.75) is 12.6 Å². The molecule has 1 heterocycles. The SMILES string of the molecule is COC(C(=O)NCc1cccnc1Oc1ccc(F)c(F)c1)c1ccccc1. The Morgan fingerprint density at radius 1 is 1.07 bits per heavy atom. The molecule has 3 aromatic rings. The molecule has 0 aliphatic rings. The van der Waals surface area contributed by atoms with Crippen molar-refractivity contribution >= 4 is 5.91 Å². The molecule has 0 radical (unpaired) electrons. The minimum absolute atomic E-state index is 0.101. The van der Waals surface area contributed by atoms with E-state index in [2.05, 4.69) is 10.3 Å². The fraction of sp³-hybridized carbons (Fsp3) is 0.143. The number of rotatable bonds is 7. The molecule has 0 saturated heterocycles. The zero-order valence-electron chi connectivity index (χ0n) is 15.1. The summed E-state index contributed by atoms with van der Waals surface area (Å²) in [5.41, 5.74) is 1.30. The number of nitrogens with zero attached hydrogens (tertiary/aromatic N) is 1. The number of pyridine rings is 1. The molecule has 1 aromatic heterocycles.